The van der Waals surface area contributed by atoms with Gasteiger partial charge in [-0.1, -0.05) is 24.6 Å². The van der Waals surface area contributed by atoms with Crippen LogP contribution in [-0.2, 0) is 9.59 Å². The van der Waals surface area contributed by atoms with Gasteiger partial charge in [-0.05, 0) is 44.9 Å². The molecule has 1 saturated heterocycles. The Morgan fingerprint density at radius 2 is 1.83 bits per heavy atom. The number of hydrogen-bond acceptors (Lipinski definition) is 3. The topological polar surface area (TPSA) is 61.4 Å². The first kappa shape index (κ1) is 18.5. The first-order valence-corrected chi connectivity index (χ1v) is 8.80. The third kappa shape index (κ3) is 4.35. The van der Waals surface area contributed by atoms with Crippen molar-refractivity contribution in [3.8, 4) is 0 Å². The normalized spacial score (nSPS) is 17.4. The third-order valence-corrected chi connectivity index (χ3v) is 4.43. The summed E-state index contributed by atoms with van der Waals surface area (Å²) in [7, 11) is 0. The molecule has 2 N–H and O–H groups in total. The van der Waals surface area contributed by atoms with Gasteiger partial charge in [-0.3, -0.25) is 9.59 Å². The van der Waals surface area contributed by atoms with Crippen LogP contribution in [0.15, 0.2) is 12.1 Å². The predicted octanol–water partition coefficient (Wildman–Crippen LogP) is 2.08. The Morgan fingerprint density at radius 1 is 1.17 bits per heavy atom. The van der Waals surface area contributed by atoms with Gasteiger partial charge in [0, 0.05) is 31.7 Å². The molecule has 0 spiro atoms. The van der Waals surface area contributed by atoms with Crippen molar-refractivity contribution < 1.29 is 9.59 Å². The molecule has 0 bridgehead atoms. The number of carbonyl (C=O) groups excluding carboxylic acids is 2. The molecule has 5 heteroatoms. The molecule has 1 atom stereocenters. The average Bonchev–Trinajstić information content (AvgIpc) is 2.88. The van der Waals surface area contributed by atoms with Crippen LogP contribution >= 0.6 is 0 Å². The number of aryl methyl sites for hydroxylation is 3. The van der Waals surface area contributed by atoms with Gasteiger partial charge >= 0.3 is 0 Å². The van der Waals surface area contributed by atoms with Gasteiger partial charge in [0.05, 0.1) is 5.92 Å². The van der Waals surface area contributed by atoms with E-state index in [9.17, 15) is 9.59 Å². The van der Waals surface area contributed by atoms with Crippen LogP contribution in [0, 0.1) is 26.7 Å². The molecule has 24 heavy (non-hydrogen) atoms. The van der Waals surface area contributed by atoms with Crippen LogP contribution in [-0.4, -0.2) is 38.0 Å². The second-order valence-electron chi connectivity index (χ2n) is 6.69. The molecule has 1 fully saturated rings. The smallest absolute Gasteiger partial charge is 0.227 e. The molecule has 2 amide bonds. The lowest BCUT2D eigenvalue weighted by Crippen LogP contribution is -2.37. The number of nitrogens with one attached hydrogen (secondary N) is 2. The van der Waals surface area contributed by atoms with Crippen molar-refractivity contribution in [3.63, 3.8) is 0 Å². The largest absolute Gasteiger partial charge is 0.355 e. The van der Waals surface area contributed by atoms with Crippen molar-refractivity contribution in [1.29, 1.82) is 0 Å². The Balaban J connectivity index is 1.97. The van der Waals surface area contributed by atoms with Crippen LogP contribution < -0.4 is 15.5 Å². The number of benzene rings is 1. The summed E-state index contributed by atoms with van der Waals surface area (Å²) in [4.78, 5) is 26.5. The fourth-order valence-corrected chi connectivity index (χ4v) is 3.42. The van der Waals surface area contributed by atoms with E-state index >= 15 is 0 Å². The van der Waals surface area contributed by atoms with E-state index in [0.717, 1.165) is 36.3 Å². The maximum atomic E-state index is 12.4. The second kappa shape index (κ2) is 8.29. The highest BCUT2D eigenvalue weighted by Gasteiger charge is 2.36. The van der Waals surface area contributed by atoms with E-state index in [1.165, 1.54) is 5.56 Å². The molecule has 1 aliphatic heterocycles. The van der Waals surface area contributed by atoms with Gasteiger partial charge in [0.1, 0.15) is 0 Å². The van der Waals surface area contributed by atoms with E-state index in [1.54, 1.807) is 4.90 Å². The van der Waals surface area contributed by atoms with E-state index in [-0.39, 0.29) is 17.7 Å². The van der Waals surface area contributed by atoms with Gasteiger partial charge in [-0.25, -0.2) is 0 Å². The highest BCUT2D eigenvalue weighted by atomic mass is 16.2. The lowest BCUT2D eigenvalue weighted by molar-refractivity contribution is -0.126. The first-order chi connectivity index (χ1) is 11.4. The van der Waals surface area contributed by atoms with Crippen molar-refractivity contribution in [2.45, 2.75) is 40.5 Å². The van der Waals surface area contributed by atoms with E-state index < -0.39 is 0 Å². The lowest BCUT2D eigenvalue weighted by atomic mass is 10.0. The number of rotatable bonds is 7. The van der Waals surface area contributed by atoms with Gasteiger partial charge < -0.3 is 15.5 Å². The molecule has 2 rings (SSSR count). The minimum absolute atomic E-state index is 0.0217. The summed E-state index contributed by atoms with van der Waals surface area (Å²) >= 11 is 0. The molecular weight excluding hydrogens is 302 g/mol. The maximum Gasteiger partial charge on any atom is 0.227 e. The van der Waals surface area contributed by atoms with Crippen LogP contribution in [0.25, 0.3) is 0 Å². The molecule has 1 aromatic rings. The Bertz CT molecular complexity index is 590. The van der Waals surface area contributed by atoms with Gasteiger partial charge in [-0.2, -0.15) is 0 Å². The molecular formula is C19H29N3O2. The van der Waals surface area contributed by atoms with E-state index in [1.807, 2.05) is 13.8 Å². The minimum atomic E-state index is -0.260. The number of amides is 2. The summed E-state index contributed by atoms with van der Waals surface area (Å²) in [6.07, 6.45) is 1.37. The quantitative estimate of drug-likeness (QED) is 0.752. The van der Waals surface area contributed by atoms with Crippen LogP contribution in [0.3, 0.4) is 0 Å². The van der Waals surface area contributed by atoms with E-state index in [2.05, 4.69) is 36.6 Å². The summed E-state index contributed by atoms with van der Waals surface area (Å²) in [5.74, 6) is -0.246. The molecule has 0 radical (unpaired) electrons. The Morgan fingerprint density at radius 3 is 2.46 bits per heavy atom. The zero-order valence-electron chi connectivity index (χ0n) is 15.2. The molecule has 0 aliphatic carbocycles. The monoisotopic (exact) mass is 331 g/mol. The SMILES string of the molecule is CCCNCCNC(=O)C1CC(=O)N(c2c(C)cc(C)cc2C)C1. The summed E-state index contributed by atoms with van der Waals surface area (Å²) < 4.78 is 0. The van der Waals surface area contributed by atoms with Crippen LogP contribution in [0.1, 0.15) is 36.5 Å². The maximum absolute atomic E-state index is 12.4. The number of hydrogen-bond donors (Lipinski definition) is 2. The van der Waals surface area contributed by atoms with Crippen LogP contribution in [0.2, 0.25) is 0 Å². The summed E-state index contributed by atoms with van der Waals surface area (Å²) in [5.41, 5.74) is 4.33. The van der Waals surface area contributed by atoms with Crippen LogP contribution in [0.5, 0.6) is 0 Å². The first-order valence-electron chi connectivity index (χ1n) is 8.80. The fourth-order valence-electron chi connectivity index (χ4n) is 3.42. The van der Waals surface area contributed by atoms with Crippen LogP contribution in [0.4, 0.5) is 5.69 Å². The molecule has 0 saturated carbocycles. The van der Waals surface area contributed by atoms with Crippen molar-refractivity contribution in [1.82, 2.24) is 10.6 Å². The number of anilines is 1. The fraction of sp³-hybridized carbons (Fsp3) is 0.579. The molecule has 1 aliphatic rings. The van der Waals surface area contributed by atoms with Crippen molar-refractivity contribution in [3.05, 3.63) is 28.8 Å². The lowest BCUT2D eigenvalue weighted by Gasteiger charge is -2.22. The van der Waals surface area contributed by atoms with Crippen molar-refractivity contribution in [2.24, 2.45) is 5.92 Å². The zero-order valence-corrected chi connectivity index (χ0v) is 15.2. The molecule has 132 valence electrons. The summed E-state index contributed by atoms with van der Waals surface area (Å²) in [5, 5.41) is 6.19. The number of nitrogens with zero attached hydrogens (tertiary/aromatic N) is 1. The van der Waals surface area contributed by atoms with Crippen molar-refractivity contribution in [2.75, 3.05) is 31.1 Å². The Kier molecular flexibility index (Phi) is 6.37. The Labute approximate surface area is 144 Å². The van der Waals surface area contributed by atoms with E-state index in [0.29, 0.717) is 19.5 Å². The summed E-state index contributed by atoms with van der Waals surface area (Å²) in [6.45, 7) is 11.0. The highest BCUT2D eigenvalue weighted by molar-refractivity contribution is 6.01. The highest BCUT2D eigenvalue weighted by Crippen LogP contribution is 2.31. The minimum Gasteiger partial charge on any atom is -0.355 e. The number of carbonyl (C=O) groups is 2. The molecule has 1 aromatic carbocycles. The molecule has 1 heterocycles. The van der Waals surface area contributed by atoms with Gasteiger partial charge in [0.25, 0.3) is 0 Å². The van der Waals surface area contributed by atoms with E-state index in [4.69, 9.17) is 0 Å². The van der Waals surface area contributed by atoms with Gasteiger partial charge in [-0.15, -0.1) is 0 Å². The van der Waals surface area contributed by atoms with Crippen molar-refractivity contribution >= 4 is 17.5 Å². The van der Waals surface area contributed by atoms with Gasteiger partial charge in [0.15, 0.2) is 0 Å². The Hall–Kier alpha value is -1.88. The predicted molar refractivity (Wildman–Crippen MR) is 97.3 cm³/mol. The molecule has 0 aromatic heterocycles. The standard InChI is InChI=1S/C19H29N3O2/c1-5-6-20-7-8-21-19(24)16-11-17(23)22(12-16)18-14(3)9-13(2)10-15(18)4/h9-10,16,20H,5-8,11-12H2,1-4H3,(H,21,24). The summed E-state index contributed by atoms with van der Waals surface area (Å²) in [6, 6.07) is 4.17. The molecule has 1 unspecified atom stereocenters. The second-order valence-corrected chi connectivity index (χ2v) is 6.69. The van der Waals surface area contributed by atoms with Gasteiger partial charge in [0.2, 0.25) is 11.8 Å². The third-order valence-electron chi connectivity index (χ3n) is 4.43. The molecule has 5 nitrogen and oxygen atoms in total. The average molecular weight is 331 g/mol. The zero-order chi connectivity index (χ0) is 17.7.